The van der Waals surface area contributed by atoms with E-state index in [-0.39, 0.29) is 18.2 Å². The largest absolute Gasteiger partial charge is 0.346 e. The van der Waals surface area contributed by atoms with Gasteiger partial charge in [0.15, 0.2) is 0 Å². The number of amides is 2. The number of carbonyl (C=O) groups excluding carboxylic acids is 2. The number of hydrogen-bond acceptors (Lipinski definition) is 5. The minimum Gasteiger partial charge on any atom is -0.346 e. The van der Waals surface area contributed by atoms with Crippen LogP contribution < -0.4 is 5.32 Å². The molecule has 2 amide bonds. The van der Waals surface area contributed by atoms with Crippen molar-refractivity contribution in [1.82, 2.24) is 10.2 Å². The Labute approximate surface area is 121 Å². The highest BCUT2D eigenvalue weighted by Crippen LogP contribution is 2.34. The number of thioether (sulfide) groups is 1. The van der Waals surface area contributed by atoms with Crippen LogP contribution in [0.3, 0.4) is 0 Å². The third-order valence-electron chi connectivity index (χ3n) is 3.44. The van der Waals surface area contributed by atoms with Crippen LogP contribution >= 0.6 is 11.8 Å². The lowest BCUT2D eigenvalue weighted by Crippen LogP contribution is -2.40. The molecule has 1 aromatic carbocycles. The summed E-state index contributed by atoms with van der Waals surface area (Å²) in [4.78, 5) is 30.5. The highest BCUT2D eigenvalue weighted by Gasteiger charge is 2.35. The molecule has 3 rings (SSSR count). The number of nitrogens with zero attached hydrogens (tertiary/aromatic N) is 2. The molecule has 2 aliphatic rings. The molecule has 2 aliphatic heterocycles. The smallest absolute Gasteiger partial charge is 0.249 e. The number of rotatable bonds is 3. The summed E-state index contributed by atoms with van der Waals surface area (Å²) in [6.45, 7) is 2.73. The molecule has 20 heavy (non-hydrogen) atoms. The molecule has 0 bridgehead atoms. The number of carbonyl (C=O) groups is 2. The van der Waals surface area contributed by atoms with E-state index in [1.807, 2.05) is 17.0 Å². The van der Waals surface area contributed by atoms with Crippen LogP contribution in [0.5, 0.6) is 0 Å². The summed E-state index contributed by atoms with van der Waals surface area (Å²) in [5.41, 5.74) is 2.08. The van der Waals surface area contributed by atoms with E-state index in [0.717, 1.165) is 17.0 Å². The predicted molar refractivity (Wildman–Crippen MR) is 78.1 cm³/mol. The molecule has 1 N–H and O–H groups in total. The van der Waals surface area contributed by atoms with Crippen molar-refractivity contribution in [1.29, 1.82) is 0 Å². The van der Waals surface area contributed by atoms with Crippen molar-refractivity contribution in [3.8, 4) is 0 Å². The van der Waals surface area contributed by atoms with Gasteiger partial charge in [0.1, 0.15) is 6.04 Å². The van der Waals surface area contributed by atoms with Crippen molar-refractivity contribution in [3.05, 3.63) is 23.8 Å². The summed E-state index contributed by atoms with van der Waals surface area (Å²) < 4.78 is 0. The summed E-state index contributed by atoms with van der Waals surface area (Å²) in [6, 6.07) is 5.61. The molecule has 0 saturated carbocycles. The summed E-state index contributed by atoms with van der Waals surface area (Å²) in [6.07, 6.45) is 1.88. The molecule has 6 heteroatoms. The van der Waals surface area contributed by atoms with Crippen molar-refractivity contribution in [3.63, 3.8) is 0 Å². The second kappa shape index (κ2) is 5.28. The fraction of sp³-hybridized carbons (Fsp3) is 0.357. The summed E-state index contributed by atoms with van der Waals surface area (Å²) >= 11 is 1.77. The van der Waals surface area contributed by atoms with Gasteiger partial charge in [-0.3, -0.25) is 14.9 Å². The number of benzene rings is 1. The van der Waals surface area contributed by atoms with Gasteiger partial charge in [0.25, 0.3) is 0 Å². The molecule has 1 saturated heterocycles. The zero-order chi connectivity index (χ0) is 14.1. The first-order valence-electron chi connectivity index (χ1n) is 6.57. The van der Waals surface area contributed by atoms with Gasteiger partial charge in [-0.05, 0) is 17.9 Å². The topological polar surface area (TPSA) is 61.8 Å². The normalized spacial score (nSPS) is 21.1. The Morgan fingerprint density at radius 1 is 1.45 bits per heavy atom. The van der Waals surface area contributed by atoms with Gasteiger partial charge in [0.05, 0.1) is 18.4 Å². The van der Waals surface area contributed by atoms with Crippen molar-refractivity contribution in [2.45, 2.75) is 30.8 Å². The number of hydrogen-bond donors (Lipinski definition) is 1. The molecule has 104 valence electrons. The molecule has 0 spiro atoms. The van der Waals surface area contributed by atoms with Gasteiger partial charge < -0.3 is 4.90 Å². The fourth-order valence-electron chi connectivity index (χ4n) is 2.48. The van der Waals surface area contributed by atoms with E-state index in [0.29, 0.717) is 6.54 Å². The van der Waals surface area contributed by atoms with Crippen LogP contribution in [0.4, 0.5) is 5.69 Å². The molecule has 1 fully saturated rings. The third kappa shape index (κ3) is 2.31. The van der Waals surface area contributed by atoms with E-state index in [2.05, 4.69) is 23.3 Å². The Bertz CT molecular complexity index is 600. The van der Waals surface area contributed by atoms with Gasteiger partial charge in [-0.25, -0.2) is 4.99 Å². The molecule has 2 heterocycles. The van der Waals surface area contributed by atoms with E-state index in [1.165, 1.54) is 4.90 Å². The van der Waals surface area contributed by atoms with E-state index in [9.17, 15) is 9.59 Å². The highest BCUT2D eigenvalue weighted by molar-refractivity contribution is 7.99. The maximum absolute atomic E-state index is 11.8. The van der Waals surface area contributed by atoms with E-state index >= 15 is 0 Å². The number of nitrogens with one attached hydrogen (secondary N) is 1. The maximum atomic E-state index is 11.8. The molecular weight excluding hydrogens is 274 g/mol. The van der Waals surface area contributed by atoms with Gasteiger partial charge in [0, 0.05) is 17.0 Å². The first-order chi connectivity index (χ1) is 9.69. The van der Waals surface area contributed by atoms with Gasteiger partial charge in [0.2, 0.25) is 11.8 Å². The number of aliphatic imine (C=N–C) groups is 1. The molecular formula is C14H15N3O2S. The van der Waals surface area contributed by atoms with Crippen LogP contribution in [-0.2, 0) is 16.1 Å². The zero-order valence-corrected chi connectivity index (χ0v) is 11.9. The summed E-state index contributed by atoms with van der Waals surface area (Å²) in [7, 11) is 0. The standard InChI is InChI=1S/C14H15N3O2S/c1-2-20-12-5-3-4-10-9(12)7-17(8-15-10)11-6-13(18)16-14(11)19/h3-5,8,11H,2,6-7H2,1H3,(H,16,18,19). The zero-order valence-electron chi connectivity index (χ0n) is 11.1. The van der Waals surface area contributed by atoms with Crippen molar-refractivity contribution in [2.75, 3.05) is 5.75 Å². The Kier molecular flexibility index (Phi) is 3.48. The minimum absolute atomic E-state index is 0.212. The molecule has 0 aliphatic carbocycles. The lowest BCUT2D eigenvalue weighted by Gasteiger charge is -2.29. The Hall–Kier alpha value is -1.82. The van der Waals surface area contributed by atoms with Crippen molar-refractivity contribution >= 4 is 35.6 Å². The van der Waals surface area contributed by atoms with Crippen LogP contribution in [-0.4, -0.2) is 34.8 Å². The highest BCUT2D eigenvalue weighted by atomic mass is 32.2. The van der Waals surface area contributed by atoms with Crippen LogP contribution in [0.2, 0.25) is 0 Å². The van der Waals surface area contributed by atoms with Crippen molar-refractivity contribution < 1.29 is 9.59 Å². The maximum Gasteiger partial charge on any atom is 0.249 e. The molecule has 1 unspecified atom stereocenters. The Balaban J connectivity index is 1.88. The minimum atomic E-state index is -0.431. The fourth-order valence-corrected chi connectivity index (χ4v) is 3.31. The van der Waals surface area contributed by atoms with Crippen molar-refractivity contribution in [2.24, 2.45) is 4.99 Å². The summed E-state index contributed by atoms with van der Waals surface area (Å²) in [5.74, 6) is 0.545. The van der Waals surface area contributed by atoms with Crippen LogP contribution in [0.15, 0.2) is 28.1 Å². The van der Waals surface area contributed by atoms with Gasteiger partial charge in [-0.2, -0.15) is 0 Å². The van der Waals surface area contributed by atoms with Gasteiger partial charge in [-0.1, -0.05) is 13.0 Å². The third-order valence-corrected chi connectivity index (χ3v) is 4.42. The lowest BCUT2D eigenvalue weighted by atomic mass is 10.1. The van der Waals surface area contributed by atoms with E-state index in [1.54, 1.807) is 18.1 Å². The second-order valence-electron chi connectivity index (χ2n) is 4.74. The number of fused-ring (bicyclic) bond motifs is 1. The molecule has 5 nitrogen and oxygen atoms in total. The first-order valence-corrected chi connectivity index (χ1v) is 7.56. The molecule has 1 atom stereocenters. The molecule has 0 aromatic heterocycles. The lowest BCUT2D eigenvalue weighted by molar-refractivity contribution is -0.125. The average Bonchev–Trinajstić information content (AvgIpc) is 2.78. The van der Waals surface area contributed by atoms with Gasteiger partial charge >= 0.3 is 0 Å². The molecule has 1 aromatic rings. The second-order valence-corrected chi connectivity index (χ2v) is 6.04. The quantitative estimate of drug-likeness (QED) is 0.679. The monoisotopic (exact) mass is 289 g/mol. The Morgan fingerprint density at radius 2 is 2.30 bits per heavy atom. The van der Waals surface area contributed by atoms with Crippen LogP contribution in [0, 0.1) is 0 Å². The SMILES string of the molecule is CCSc1cccc2c1CN(C1CC(=O)NC1=O)C=N2. The van der Waals surface area contributed by atoms with Gasteiger partial charge in [-0.15, -0.1) is 11.8 Å². The first kappa shape index (κ1) is 13.2. The average molecular weight is 289 g/mol. The predicted octanol–water partition coefficient (Wildman–Crippen LogP) is 1.69. The molecule has 0 radical (unpaired) electrons. The van der Waals surface area contributed by atoms with E-state index < -0.39 is 6.04 Å². The van der Waals surface area contributed by atoms with Crippen LogP contribution in [0.25, 0.3) is 0 Å². The summed E-state index contributed by atoms with van der Waals surface area (Å²) in [5, 5.41) is 2.34. The number of imide groups is 1. The van der Waals surface area contributed by atoms with Crippen LogP contribution in [0.1, 0.15) is 18.9 Å². The Morgan fingerprint density at radius 3 is 3.00 bits per heavy atom. The van der Waals surface area contributed by atoms with E-state index in [4.69, 9.17) is 0 Å².